The van der Waals surface area contributed by atoms with Crippen molar-refractivity contribution in [1.29, 1.82) is 0 Å². The largest absolute Gasteiger partial charge is 0.338 e. The molecule has 150 valence electrons. The maximum absolute atomic E-state index is 12.6. The third-order valence-corrected chi connectivity index (χ3v) is 5.29. The quantitative estimate of drug-likeness (QED) is 0.852. The van der Waals surface area contributed by atoms with Crippen LogP contribution in [-0.2, 0) is 0 Å². The van der Waals surface area contributed by atoms with Crippen LogP contribution in [0.25, 0.3) is 0 Å². The average Bonchev–Trinajstić information content (AvgIpc) is 2.68. The predicted octanol–water partition coefficient (Wildman–Crippen LogP) is 3.85. The number of carbonyl (C=O) groups excluding carboxylic acids is 1. The molecule has 2 heterocycles. The summed E-state index contributed by atoms with van der Waals surface area (Å²) in [7, 11) is 2.07. The van der Waals surface area contributed by atoms with E-state index in [0.717, 1.165) is 31.9 Å². The van der Waals surface area contributed by atoms with Crippen LogP contribution >= 0.6 is 0 Å². The van der Waals surface area contributed by atoms with Crippen molar-refractivity contribution in [3.8, 4) is 0 Å². The van der Waals surface area contributed by atoms with Gasteiger partial charge in [0.15, 0.2) is 0 Å². The molecule has 0 bridgehead atoms. The SMILES string of the molecule is CC(C)c1cccc(C(C)C)c1Nc1cnc(C(=O)N2CCN(C)CC2)cn1. The fraction of sp³-hybridized carbons (Fsp3) is 0.500. The molecule has 0 aliphatic carbocycles. The molecular weight excluding hydrogens is 350 g/mol. The van der Waals surface area contributed by atoms with E-state index in [1.165, 1.54) is 11.1 Å². The number of rotatable bonds is 5. The van der Waals surface area contributed by atoms with E-state index >= 15 is 0 Å². The van der Waals surface area contributed by atoms with E-state index in [-0.39, 0.29) is 5.91 Å². The van der Waals surface area contributed by atoms with E-state index in [2.05, 4.69) is 73.1 Å². The molecule has 0 atom stereocenters. The minimum Gasteiger partial charge on any atom is -0.338 e. The van der Waals surface area contributed by atoms with Crippen LogP contribution in [0.1, 0.15) is 61.1 Å². The topological polar surface area (TPSA) is 61.4 Å². The van der Waals surface area contributed by atoms with Gasteiger partial charge in [-0.2, -0.15) is 0 Å². The van der Waals surface area contributed by atoms with Crippen LogP contribution in [-0.4, -0.2) is 58.9 Å². The van der Waals surface area contributed by atoms with Gasteiger partial charge in [-0.1, -0.05) is 45.9 Å². The third kappa shape index (κ3) is 4.50. The Kier molecular flexibility index (Phi) is 6.29. The minimum absolute atomic E-state index is 0.0439. The summed E-state index contributed by atoms with van der Waals surface area (Å²) in [5.41, 5.74) is 4.01. The Hall–Kier alpha value is -2.47. The molecule has 6 nitrogen and oxygen atoms in total. The Bertz CT molecular complexity index is 782. The van der Waals surface area contributed by atoms with Gasteiger partial charge in [0.05, 0.1) is 12.4 Å². The highest BCUT2D eigenvalue weighted by molar-refractivity contribution is 5.92. The second-order valence-electron chi connectivity index (χ2n) is 8.13. The first-order chi connectivity index (χ1) is 13.4. The molecule has 1 amide bonds. The summed E-state index contributed by atoms with van der Waals surface area (Å²) < 4.78 is 0. The number of likely N-dealkylation sites (N-methyl/N-ethyl adjacent to an activating group) is 1. The fourth-order valence-electron chi connectivity index (χ4n) is 3.50. The molecule has 0 unspecified atom stereocenters. The molecule has 1 aromatic carbocycles. The highest BCUT2D eigenvalue weighted by Gasteiger charge is 2.22. The van der Waals surface area contributed by atoms with Crippen molar-refractivity contribution in [1.82, 2.24) is 19.8 Å². The molecular formula is C22H31N5O. The zero-order valence-electron chi connectivity index (χ0n) is 17.6. The molecule has 1 fully saturated rings. The van der Waals surface area contributed by atoms with Crippen molar-refractivity contribution in [3.63, 3.8) is 0 Å². The van der Waals surface area contributed by atoms with Gasteiger partial charge >= 0.3 is 0 Å². The zero-order chi connectivity index (χ0) is 20.3. The predicted molar refractivity (Wildman–Crippen MR) is 113 cm³/mol. The number of para-hydroxylation sites is 1. The van der Waals surface area contributed by atoms with Gasteiger partial charge in [0, 0.05) is 31.9 Å². The molecule has 0 saturated carbocycles. The molecule has 3 rings (SSSR count). The molecule has 28 heavy (non-hydrogen) atoms. The lowest BCUT2D eigenvalue weighted by atomic mass is 9.92. The molecule has 0 spiro atoms. The highest BCUT2D eigenvalue weighted by atomic mass is 16.2. The first kappa shape index (κ1) is 20.3. The molecule has 1 saturated heterocycles. The summed E-state index contributed by atoms with van der Waals surface area (Å²) in [4.78, 5) is 25.6. The van der Waals surface area contributed by atoms with Gasteiger partial charge < -0.3 is 15.1 Å². The summed E-state index contributed by atoms with van der Waals surface area (Å²) in [5.74, 6) is 1.40. The van der Waals surface area contributed by atoms with Gasteiger partial charge in [0.2, 0.25) is 0 Å². The maximum atomic E-state index is 12.6. The van der Waals surface area contributed by atoms with E-state index in [9.17, 15) is 4.79 Å². The number of nitrogens with one attached hydrogen (secondary N) is 1. The van der Waals surface area contributed by atoms with Crippen molar-refractivity contribution in [2.24, 2.45) is 0 Å². The summed E-state index contributed by atoms with van der Waals surface area (Å²) >= 11 is 0. The highest BCUT2D eigenvalue weighted by Crippen LogP contribution is 2.33. The third-order valence-electron chi connectivity index (χ3n) is 5.29. The number of hydrogen-bond donors (Lipinski definition) is 1. The lowest BCUT2D eigenvalue weighted by Gasteiger charge is -2.32. The van der Waals surface area contributed by atoms with Gasteiger partial charge in [0.1, 0.15) is 11.5 Å². The number of carbonyl (C=O) groups is 1. The molecule has 1 aromatic heterocycles. The summed E-state index contributed by atoms with van der Waals surface area (Å²) in [6.07, 6.45) is 3.24. The van der Waals surface area contributed by atoms with Crippen LogP contribution in [0.2, 0.25) is 0 Å². The van der Waals surface area contributed by atoms with Gasteiger partial charge in [-0.05, 0) is 30.0 Å². The van der Waals surface area contributed by atoms with E-state index in [1.54, 1.807) is 12.4 Å². The van der Waals surface area contributed by atoms with Crippen LogP contribution in [0, 0.1) is 0 Å². The number of aromatic nitrogens is 2. The summed E-state index contributed by atoms with van der Waals surface area (Å²) in [5, 5.41) is 3.45. The first-order valence-electron chi connectivity index (χ1n) is 10.1. The molecule has 0 radical (unpaired) electrons. The van der Waals surface area contributed by atoms with Crippen molar-refractivity contribution >= 4 is 17.4 Å². The number of anilines is 2. The summed E-state index contributed by atoms with van der Waals surface area (Å²) in [6, 6.07) is 6.41. The lowest BCUT2D eigenvalue weighted by molar-refractivity contribution is 0.0658. The lowest BCUT2D eigenvalue weighted by Crippen LogP contribution is -2.47. The van der Waals surface area contributed by atoms with Crippen LogP contribution in [0.5, 0.6) is 0 Å². The Morgan fingerprint density at radius 1 is 0.964 bits per heavy atom. The van der Waals surface area contributed by atoms with E-state index in [1.807, 2.05) is 4.90 Å². The zero-order valence-corrected chi connectivity index (χ0v) is 17.6. The van der Waals surface area contributed by atoms with Gasteiger partial charge in [-0.3, -0.25) is 4.79 Å². The number of benzene rings is 1. The van der Waals surface area contributed by atoms with Gasteiger partial charge in [-0.25, -0.2) is 9.97 Å². The Labute approximate surface area is 168 Å². The van der Waals surface area contributed by atoms with Gasteiger partial charge in [-0.15, -0.1) is 0 Å². The smallest absolute Gasteiger partial charge is 0.274 e. The number of piperazine rings is 1. The van der Waals surface area contributed by atoms with E-state index in [4.69, 9.17) is 0 Å². The van der Waals surface area contributed by atoms with Crippen molar-refractivity contribution in [2.45, 2.75) is 39.5 Å². The average molecular weight is 382 g/mol. The number of amides is 1. The fourth-order valence-corrected chi connectivity index (χ4v) is 3.50. The molecule has 1 N–H and O–H groups in total. The van der Waals surface area contributed by atoms with Crippen molar-refractivity contribution < 1.29 is 4.79 Å². The Morgan fingerprint density at radius 2 is 1.57 bits per heavy atom. The Morgan fingerprint density at radius 3 is 2.07 bits per heavy atom. The minimum atomic E-state index is -0.0439. The van der Waals surface area contributed by atoms with E-state index in [0.29, 0.717) is 23.3 Å². The molecule has 6 heteroatoms. The van der Waals surface area contributed by atoms with Crippen LogP contribution < -0.4 is 5.32 Å². The number of hydrogen-bond acceptors (Lipinski definition) is 5. The van der Waals surface area contributed by atoms with Crippen molar-refractivity contribution in [3.05, 3.63) is 47.4 Å². The second kappa shape index (κ2) is 8.69. The standard InChI is InChI=1S/C22H31N5O/c1-15(2)17-7-6-8-18(16(3)4)21(17)25-20-14-23-19(13-24-20)22(28)27-11-9-26(5)10-12-27/h6-8,13-16H,9-12H2,1-5H3,(H,24,25). The van der Waals surface area contributed by atoms with E-state index < -0.39 is 0 Å². The van der Waals surface area contributed by atoms with Crippen LogP contribution in [0.4, 0.5) is 11.5 Å². The number of nitrogens with zero attached hydrogens (tertiary/aromatic N) is 4. The second-order valence-corrected chi connectivity index (χ2v) is 8.13. The van der Waals surface area contributed by atoms with Crippen molar-refractivity contribution in [2.75, 3.05) is 38.5 Å². The van der Waals surface area contributed by atoms with Crippen LogP contribution in [0.15, 0.2) is 30.6 Å². The van der Waals surface area contributed by atoms with Gasteiger partial charge in [0.25, 0.3) is 5.91 Å². The molecule has 2 aromatic rings. The molecule has 1 aliphatic heterocycles. The maximum Gasteiger partial charge on any atom is 0.274 e. The summed E-state index contributed by atoms with van der Waals surface area (Å²) in [6.45, 7) is 12.0. The normalized spacial score (nSPS) is 15.3. The van der Waals surface area contributed by atoms with Crippen LogP contribution in [0.3, 0.4) is 0 Å². The monoisotopic (exact) mass is 381 g/mol. The molecule has 1 aliphatic rings. The Balaban J connectivity index is 1.79. The first-order valence-corrected chi connectivity index (χ1v) is 10.1.